The Bertz CT molecular complexity index is 151. The second-order valence-electron chi connectivity index (χ2n) is 4.48. The van der Waals surface area contributed by atoms with Gasteiger partial charge in [0.2, 0.25) is 0 Å². The van der Waals surface area contributed by atoms with E-state index in [1.54, 1.807) is 0 Å². The summed E-state index contributed by atoms with van der Waals surface area (Å²) in [5.41, 5.74) is 5.90. The van der Waals surface area contributed by atoms with Crippen molar-refractivity contribution in [1.82, 2.24) is 9.80 Å². The highest BCUT2D eigenvalue weighted by atomic mass is 15.3. The van der Waals surface area contributed by atoms with E-state index in [9.17, 15) is 0 Å². The fourth-order valence-electron chi connectivity index (χ4n) is 2.04. The fourth-order valence-corrected chi connectivity index (χ4v) is 2.04. The molecule has 0 amide bonds. The molecule has 2 N–H and O–H groups in total. The lowest BCUT2D eigenvalue weighted by atomic mass is 10.1. The van der Waals surface area contributed by atoms with Crippen molar-refractivity contribution < 1.29 is 0 Å². The van der Waals surface area contributed by atoms with Crippen molar-refractivity contribution in [3.8, 4) is 0 Å². The van der Waals surface area contributed by atoms with Crippen LogP contribution < -0.4 is 5.73 Å². The molecule has 2 unspecified atom stereocenters. The Labute approximate surface area is 88.2 Å². The van der Waals surface area contributed by atoms with E-state index in [0.29, 0.717) is 6.04 Å². The first-order chi connectivity index (χ1) is 6.65. The van der Waals surface area contributed by atoms with E-state index in [0.717, 1.165) is 0 Å². The molecule has 0 aromatic heterocycles. The number of nitrogens with two attached hydrogens (primary N) is 1. The Balaban J connectivity index is 2.28. The second-order valence-corrected chi connectivity index (χ2v) is 4.48. The van der Waals surface area contributed by atoms with E-state index in [1.165, 1.54) is 39.1 Å². The minimum absolute atomic E-state index is 0.285. The van der Waals surface area contributed by atoms with Crippen LogP contribution in [-0.2, 0) is 0 Å². The zero-order chi connectivity index (χ0) is 10.6. The first-order valence-electron chi connectivity index (χ1n) is 5.87. The van der Waals surface area contributed by atoms with Gasteiger partial charge in [0, 0.05) is 38.3 Å². The Kier molecular flexibility index (Phi) is 4.85. The van der Waals surface area contributed by atoms with E-state index >= 15 is 0 Å². The molecule has 0 radical (unpaired) electrons. The van der Waals surface area contributed by atoms with Crippen molar-refractivity contribution in [2.75, 3.05) is 32.7 Å². The maximum absolute atomic E-state index is 5.90. The predicted octanol–water partition coefficient (Wildman–Crippen LogP) is 0.750. The molecule has 3 heteroatoms. The van der Waals surface area contributed by atoms with Gasteiger partial charge in [0.1, 0.15) is 0 Å². The van der Waals surface area contributed by atoms with Gasteiger partial charge in [-0.2, -0.15) is 0 Å². The number of hydrogen-bond acceptors (Lipinski definition) is 3. The molecule has 1 rings (SSSR count). The van der Waals surface area contributed by atoms with Crippen LogP contribution in [-0.4, -0.2) is 54.6 Å². The van der Waals surface area contributed by atoms with Crippen LogP contribution >= 0.6 is 0 Å². The molecule has 0 saturated carbocycles. The molecule has 1 saturated heterocycles. The lowest BCUT2D eigenvalue weighted by Gasteiger charge is -2.39. The maximum Gasteiger partial charge on any atom is 0.0217 e. The molecule has 0 aromatic carbocycles. The zero-order valence-corrected chi connectivity index (χ0v) is 9.87. The summed E-state index contributed by atoms with van der Waals surface area (Å²) in [5.74, 6) is 0. The van der Waals surface area contributed by atoms with Crippen LogP contribution in [0.25, 0.3) is 0 Å². The molecular weight excluding hydrogens is 174 g/mol. The minimum atomic E-state index is 0.285. The molecule has 14 heavy (non-hydrogen) atoms. The van der Waals surface area contributed by atoms with Gasteiger partial charge in [-0.1, -0.05) is 6.92 Å². The quantitative estimate of drug-likeness (QED) is 0.725. The Hall–Kier alpha value is -0.120. The topological polar surface area (TPSA) is 32.5 Å². The van der Waals surface area contributed by atoms with Crippen molar-refractivity contribution in [1.29, 1.82) is 0 Å². The van der Waals surface area contributed by atoms with Crippen molar-refractivity contribution in [3.63, 3.8) is 0 Å². The van der Waals surface area contributed by atoms with Gasteiger partial charge >= 0.3 is 0 Å². The number of hydrogen-bond donors (Lipinski definition) is 1. The molecule has 84 valence electrons. The average molecular weight is 199 g/mol. The van der Waals surface area contributed by atoms with Crippen LogP contribution in [0, 0.1) is 0 Å². The number of piperazine rings is 1. The minimum Gasteiger partial charge on any atom is -0.327 e. The fraction of sp³-hybridized carbons (Fsp3) is 1.00. The first kappa shape index (κ1) is 12.0. The Morgan fingerprint density at radius 3 is 2.14 bits per heavy atom. The smallest absolute Gasteiger partial charge is 0.0217 e. The summed E-state index contributed by atoms with van der Waals surface area (Å²) in [6.07, 6.45) is 1.27. The number of rotatable bonds is 4. The third-order valence-corrected chi connectivity index (χ3v) is 3.28. The highest BCUT2D eigenvalue weighted by Gasteiger charge is 2.22. The van der Waals surface area contributed by atoms with Gasteiger partial charge in [-0.3, -0.25) is 4.90 Å². The monoisotopic (exact) mass is 199 g/mol. The summed E-state index contributed by atoms with van der Waals surface area (Å²) < 4.78 is 0. The molecule has 1 fully saturated rings. The molecule has 1 aliphatic rings. The van der Waals surface area contributed by atoms with Crippen LogP contribution in [0.1, 0.15) is 27.2 Å². The van der Waals surface area contributed by atoms with E-state index in [1.807, 2.05) is 0 Å². The lowest BCUT2D eigenvalue weighted by Crippen LogP contribution is -2.53. The Morgan fingerprint density at radius 2 is 1.71 bits per heavy atom. The molecule has 0 aromatic rings. The van der Waals surface area contributed by atoms with E-state index < -0.39 is 0 Å². The normalized spacial score (nSPS) is 24.9. The highest BCUT2D eigenvalue weighted by Crippen LogP contribution is 2.08. The summed E-state index contributed by atoms with van der Waals surface area (Å²) in [4.78, 5) is 5.06. The lowest BCUT2D eigenvalue weighted by molar-refractivity contribution is 0.0943. The molecular formula is C11H25N3. The molecule has 2 atom stereocenters. The molecule has 0 spiro atoms. The van der Waals surface area contributed by atoms with Crippen molar-refractivity contribution in [2.45, 2.75) is 39.3 Å². The zero-order valence-electron chi connectivity index (χ0n) is 9.87. The molecule has 1 heterocycles. The van der Waals surface area contributed by atoms with Crippen molar-refractivity contribution >= 4 is 0 Å². The van der Waals surface area contributed by atoms with Gasteiger partial charge in [0.15, 0.2) is 0 Å². The van der Waals surface area contributed by atoms with Crippen LogP contribution in [0.15, 0.2) is 0 Å². The first-order valence-corrected chi connectivity index (χ1v) is 5.87. The van der Waals surface area contributed by atoms with Gasteiger partial charge in [0.05, 0.1) is 0 Å². The standard InChI is InChI=1S/C11H25N3/c1-4-5-13-6-8-14(9-7-13)11(3)10(2)12/h10-11H,4-9,12H2,1-3H3. The van der Waals surface area contributed by atoms with Crippen molar-refractivity contribution in [3.05, 3.63) is 0 Å². The van der Waals surface area contributed by atoms with Crippen LogP contribution in [0.5, 0.6) is 0 Å². The third kappa shape index (κ3) is 3.23. The summed E-state index contributed by atoms with van der Waals surface area (Å²) in [6.45, 7) is 12.6. The second kappa shape index (κ2) is 5.69. The molecule has 0 aliphatic carbocycles. The summed E-state index contributed by atoms with van der Waals surface area (Å²) in [6, 6.07) is 0.812. The average Bonchev–Trinajstić information content (AvgIpc) is 2.18. The highest BCUT2D eigenvalue weighted by molar-refractivity contribution is 4.80. The Morgan fingerprint density at radius 1 is 1.14 bits per heavy atom. The van der Waals surface area contributed by atoms with E-state index in [-0.39, 0.29) is 6.04 Å². The van der Waals surface area contributed by atoms with Gasteiger partial charge in [-0.05, 0) is 26.8 Å². The van der Waals surface area contributed by atoms with Crippen LogP contribution in [0.3, 0.4) is 0 Å². The predicted molar refractivity (Wildman–Crippen MR) is 61.4 cm³/mol. The van der Waals surface area contributed by atoms with Gasteiger partial charge < -0.3 is 10.6 Å². The van der Waals surface area contributed by atoms with E-state index in [2.05, 4.69) is 30.6 Å². The van der Waals surface area contributed by atoms with Gasteiger partial charge in [0.25, 0.3) is 0 Å². The van der Waals surface area contributed by atoms with Gasteiger partial charge in [-0.25, -0.2) is 0 Å². The SMILES string of the molecule is CCCN1CCN(C(C)C(C)N)CC1. The summed E-state index contributed by atoms with van der Waals surface area (Å²) in [5, 5.41) is 0. The van der Waals surface area contributed by atoms with E-state index in [4.69, 9.17) is 5.73 Å². The maximum atomic E-state index is 5.90. The number of nitrogens with zero attached hydrogens (tertiary/aromatic N) is 2. The van der Waals surface area contributed by atoms with Crippen LogP contribution in [0.4, 0.5) is 0 Å². The van der Waals surface area contributed by atoms with Crippen molar-refractivity contribution in [2.24, 2.45) is 5.73 Å². The molecule has 3 nitrogen and oxygen atoms in total. The third-order valence-electron chi connectivity index (χ3n) is 3.28. The molecule has 1 aliphatic heterocycles. The molecule has 0 bridgehead atoms. The summed E-state index contributed by atoms with van der Waals surface area (Å²) >= 11 is 0. The van der Waals surface area contributed by atoms with Crippen LogP contribution in [0.2, 0.25) is 0 Å². The largest absolute Gasteiger partial charge is 0.327 e. The summed E-state index contributed by atoms with van der Waals surface area (Å²) in [7, 11) is 0. The van der Waals surface area contributed by atoms with Gasteiger partial charge in [-0.15, -0.1) is 0 Å².